The number of carboxylic acids is 1. The van der Waals surface area contributed by atoms with Crippen molar-refractivity contribution in [3.63, 3.8) is 0 Å². The number of aliphatic carboxylic acids is 1. The van der Waals surface area contributed by atoms with Crippen LogP contribution in [-0.4, -0.2) is 11.1 Å². The van der Waals surface area contributed by atoms with Crippen LogP contribution in [0.15, 0.2) is 22.7 Å². The molecule has 0 saturated carbocycles. The summed E-state index contributed by atoms with van der Waals surface area (Å²) in [5.41, 5.74) is 7.64. The maximum Gasteiger partial charge on any atom is 0.305 e. The molecular weight excluding hydrogens is 246 g/mol. The molecule has 14 heavy (non-hydrogen) atoms. The van der Waals surface area contributed by atoms with Crippen LogP contribution in [0.1, 0.15) is 23.6 Å². The lowest BCUT2D eigenvalue weighted by molar-refractivity contribution is -0.137. The predicted octanol–water partition coefficient (Wildman–Crippen LogP) is 2.23. The van der Waals surface area contributed by atoms with E-state index in [1.807, 2.05) is 25.1 Å². The highest BCUT2D eigenvalue weighted by Gasteiger charge is 2.11. The van der Waals surface area contributed by atoms with E-state index in [-0.39, 0.29) is 6.42 Å². The van der Waals surface area contributed by atoms with Crippen molar-refractivity contribution in [2.75, 3.05) is 0 Å². The largest absolute Gasteiger partial charge is 0.481 e. The number of rotatable bonds is 3. The van der Waals surface area contributed by atoms with Crippen LogP contribution < -0.4 is 5.73 Å². The second kappa shape index (κ2) is 4.57. The zero-order valence-electron chi connectivity index (χ0n) is 7.83. The van der Waals surface area contributed by atoms with Crippen molar-refractivity contribution in [1.29, 1.82) is 0 Å². The van der Waals surface area contributed by atoms with Crippen molar-refractivity contribution in [3.8, 4) is 0 Å². The first-order valence-corrected chi connectivity index (χ1v) is 5.03. The van der Waals surface area contributed by atoms with Gasteiger partial charge in [0.2, 0.25) is 0 Å². The molecule has 0 aromatic heterocycles. The fourth-order valence-electron chi connectivity index (χ4n) is 1.28. The molecule has 0 heterocycles. The van der Waals surface area contributed by atoms with Gasteiger partial charge in [-0.25, -0.2) is 0 Å². The highest BCUT2D eigenvalue weighted by atomic mass is 79.9. The van der Waals surface area contributed by atoms with Crippen LogP contribution in [0, 0.1) is 6.92 Å². The minimum Gasteiger partial charge on any atom is -0.481 e. The Labute approximate surface area is 91.1 Å². The minimum atomic E-state index is -0.880. The molecule has 0 radical (unpaired) electrons. The van der Waals surface area contributed by atoms with Gasteiger partial charge in [0.25, 0.3) is 0 Å². The summed E-state index contributed by atoms with van der Waals surface area (Å²) < 4.78 is 0.924. The summed E-state index contributed by atoms with van der Waals surface area (Å²) in [4.78, 5) is 10.5. The third kappa shape index (κ3) is 3.12. The van der Waals surface area contributed by atoms with E-state index in [9.17, 15) is 4.79 Å². The van der Waals surface area contributed by atoms with Gasteiger partial charge in [0.05, 0.1) is 6.42 Å². The molecule has 0 aliphatic heterocycles. The summed E-state index contributed by atoms with van der Waals surface area (Å²) in [6, 6.07) is 5.26. The zero-order valence-corrected chi connectivity index (χ0v) is 9.41. The fourth-order valence-corrected chi connectivity index (χ4v) is 1.91. The summed E-state index contributed by atoms with van der Waals surface area (Å²) in [7, 11) is 0. The number of hydrogen-bond donors (Lipinski definition) is 2. The van der Waals surface area contributed by atoms with Gasteiger partial charge in [-0.1, -0.05) is 22.0 Å². The van der Waals surface area contributed by atoms with Crippen LogP contribution in [-0.2, 0) is 4.79 Å². The zero-order chi connectivity index (χ0) is 10.7. The van der Waals surface area contributed by atoms with Gasteiger partial charge in [-0.2, -0.15) is 0 Å². The summed E-state index contributed by atoms with van der Waals surface area (Å²) in [6.45, 7) is 1.95. The average molecular weight is 258 g/mol. The fraction of sp³-hybridized carbons (Fsp3) is 0.300. The van der Waals surface area contributed by atoms with Crippen molar-refractivity contribution < 1.29 is 9.90 Å². The van der Waals surface area contributed by atoms with Gasteiger partial charge in [-0.05, 0) is 30.2 Å². The molecule has 0 aliphatic rings. The third-order valence-corrected chi connectivity index (χ3v) is 2.34. The lowest BCUT2D eigenvalue weighted by Gasteiger charge is -2.10. The number of halogens is 1. The van der Waals surface area contributed by atoms with Gasteiger partial charge in [-0.15, -0.1) is 0 Å². The van der Waals surface area contributed by atoms with Crippen LogP contribution in [0.5, 0.6) is 0 Å². The topological polar surface area (TPSA) is 63.3 Å². The number of carboxylic acid groups (broad SMARTS) is 1. The smallest absolute Gasteiger partial charge is 0.305 e. The molecule has 4 heteroatoms. The summed E-state index contributed by atoms with van der Waals surface area (Å²) in [5.74, 6) is -0.880. The van der Waals surface area contributed by atoms with Crippen molar-refractivity contribution in [3.05, 3.63) is 33.8 Å². The second-order valence-corrected chi connectivity index (χ2v) is 4.18. The first kappa shape index (κ1) is 11.2. The third-order valence-electron chi connectivity index (χ3n) is 1.89. The van der Waals surface area contributed by atoms with Crippen molar-refractivity contribution >= 4 is 21.9 Å². The lowest BCUT2D eigenvalue weighted by atomic mass is 10.0. The number of benzene rings is 1. The predicted molar refractivity (Wildman–Crippen MR) is 58.1 cm³/mol. The van der Waals surface area contributed by atoms with Gasteiger partial charge in [-0.3, -0.25) is 4.79 Å². The van der Waals surface area contributed by atoms with Crippen LogP contribution in [0.4, 0.5) is 0 Å². The molecule has 1 aromatic rings. The Kier molecular flexibility index (Phi) is 3.66. The first-order chi connectivity index (χ1) is 6.49. The summed E-state index contributed by atoms with van der Waals surface area (Å²) in [6.07, 6.45) is -0.0457. The first-order valence-electron chi connectivity index (χ1n) is 4.23. The summed E-state index contributed by atoms with van der Waals surface area (Å²) >= 11 is 3.34. The van der Waals surface area contributed by atoms with Crippen LogP contribution in [0.25, 0.3) is 0 Å². The highest BCUT2D eigenvalue weighted by molar-refractivity contribution is 9.10. The standard InChI is InChI=1S/C10H12BrNO2/c1-6-2-7(4-8(11)3-6)9(12)5-10(13)14/h2-4,9H,5,12H2,1H3,(H,13,14)/t9-/m1/s1. The van der Waals surface area contributed by atoms with E-state index >= 15 is 0 Å². The van der Waals surface area contributed by atoms with E-state index in [1.54, 1.807) is 0 Å². The monoisotopic (exact) mass is 257 g/mol. The normalized spacial score (nSPS) is 12.5. The number of carbonyl (C=O) groups is 1. The molecule has 0 amide bonds. The van der Waals surface area contributed by atoms with Gasteiger partial charge in [0.15, 0.2) is 0 Å². The molecular formula is C10H12BrNO2. The van der Waals surface area contributed by atoms with Gasteiger partial charge in [0.1, 0.15) is 0 Å². The van der Waals surface area contributed by atoms with Gasteiger partial charge >= 0.3 is 5.97 Å². The quantitative estimate of drug-likeness (QED) is 0.873. The number of aryl methyl sites for hydroxylation is 1. The SMILES string of the molecule is Cc1cc(Br)cc([C@H](N)CC(=O)O)c1. The van der Waals surface area contributed by atoms with E-state index in [4.69, 9.17) is 10.8 Å². The maximum atomic E-state index is 10.5. The van der Waals surface area contributed by atoms with Crippen molar-refractivity contribution in [2.24, 2.45) is 5.73 Å². The molecule has 3 N–H and O–H groups in total. The lowest BCUT2D eigenvalue weighted by Crippen LogP contribution is -2.15. The Hall–Kier alpha value is -0.870. The minimum absolute atomic E-state index is 0.0457. The molecule has 0 bridgehead atoms. The molecule has 0 fully saturated rings. The Morgan fingerprint density at radius 3 is 2.71 bits per heavy atom. The highest BCUT2D eigenvalue weighted by Crippen LogP contribution is 2.21. The van der Waals surface area contributed by atoms with E-state index in [2.05, 4.69) is 15.9 Å². The van der Waals surface area contributed by atoms with E-state index in [0.29, 0.717) is 0 Å². The number of nitrogens with two attached hydrogens (primary N) is 1. The Morgan fingerprint density at radius 2 is 2.21 bits per heavy atom. The van der Waals surface area contributed by atoms with Gasteiger partial charge in [0, 0.05) is 10.5 Å². The molecule has 1 atom stereocenters. The molecule has 76 valence electrons. The molecule has 1 aromatic carbocycles. The Bertz CT molecular complexity index is 332. The Morgan fingerprint density at radius 1 is 1.57 bits per heavy atom. The second-order valence-electron chi connectivity index (χ2n) is 3.27. The van der Waals surface area contributed by atoms with E-state index < -0.39 is 12.0 Å². The maximum absolute atomic E-state index is 10.5. The van der Waals surface area contributed by atoms with E-state index in [1.165, 1.54) is 0 Å². The Balaban J connectivity index is 2.89. The molecule has 1 rings (SSSR count). The molecule has 0 saturated heterocycles. The van der Waals surface area contributed by atoms with Gasteiger partial charge < -0.3 is 10.8 Å². The average Bonchev–Trinajstić information content (AvgIpc) is 2.00. The summed E-state index contributed by atoms with van der Waals surface area (Å²) in [5, 5.41) is 8.59. The molecule has 3 nitrogen and oxygen atoms in total. The van der Waals surface area contributed by atoms with E-state index in [0.717, 1.165) is 15.6 Å². The molecule has 0 unspecified atom stereocenters. The molecule has 0 spiro atoms. The van der Waals surface area contributed by atoms with Crippen LogP contribution in [0.3, 0.4) is 0 Å². The van der Waals surface area contributed by atoms with Crippen LogP contribution >= 0.6 is 15.9 Å². The number of hydrogen-bond acceptors (Lipinski definition) is 2. The van der Waals surface area contributed by atoms with Crippen molar-refractivity contribution in [1.82, 2.24) is 0 Å². The molecule has 0 aliphatic carbocycles. The van der Waals surface area contributed by atoms with Crippen molar-refractivity contribution in [2.45, 2.75) is 19.4 Å². The van der Waals surface area contributed by atoms with Crippen LogP contribution in [0.2, 0.25) is 0 Å².